The van der Waals surface area contributed by atoms with E-state index in [-0.39, 0.29) is 5.84 Å². The molecule has 0 saturated carbocycles. The molecule has 1 rings (SSSR count). The molecule has 21 heavy (non-hydrogen) atoms. The molecular weight excluding hydrogens is 292 g/mol. The number of rotatable bonds is 10. The van der Waals surface area contributed by atoms with Gasteiger partial charge in [0.25, 0.3) is 0 Å². The summed E-state index contributed by atoms with van der Waals surface area (Å²) in [4.78, 5) is 6.30. The molecule has 0 bridgehead atoms. The molecule has 0 aromatic carbocycles. The van der Waals surface area contributed by atoms with E-state index < -0.39 is 0 Å². The van der Waals surface area contributed by atoms with E-state index in [1.165, 1.54) is 0 Å². The predicted octanol–water partition coefficient (Wildman–Crippen LogP) is 1.90. The summed E-state index contributed by atoms with van der Waals surface area (Å²) in [5, 5.41) is 7.93. The maximum atomic E-state index is 7.55. The van der Waals surface area contributed by atoms with Crippen molar-refractivity contribution < 1.29 is 9.47 Å². The Kier molecular flexibility index (Phi) is 8.04. The summed E-state index contributed by atoms with van der Waals surface area (Å²) in [5.74, 6) is 0.530. The summed E-state index contributed by atoms with van der Waals surface area (Å²) in [6.07, 6.45) is 1.60. The molecular formula is C14H23ClN4O2. The standard InChI is InChI=1S/C14H23ClN4O2/c1-3-20-9-7-19(8-10-21-4-2)14-12(15)11(13(16)17)5-6-18-14/h5-6H,3-4,7-10H2,1-2H3,(H3,16,17). The number of nitrogens with two attached hydrogens (primary N) is 1. The molecule has 0 spiro atoms. The third-order valence-electron chi connectivity index (χ3n) is 2.88. The minimum Gasteiger partial charge on any atom is -0.384 e. The van der Waals surface area contributed by atoms with E-state index in [1.807, 2.05) is 18.7 Å². The zero-order valence-corrected chi connectivity index (χ0v) is 13.3. The lowest BCUT2D eigenvalue weighted by molar-refractivity contribution is 0.141. The van der Waals surface area contributed by atoms with Crippen LogP contribution in [0.5, 0.6) is 0 Å². The molecule has 0 atom stereocenters. The van der Waals surface area contributed by atoms with Crippen molar-refractivity contribution in [2.45, 2.75) is 13.8 Å². The average molecular weight is 315 g/mol. The predicted molar refractivity (Wildman–Crippen MR) is 85.5 cm³/mol. The fraction of sp³-hybridized carbons (Fsp3) is 0.571. The Balaban J connectivity index is 2.89. The van der Waals surface area contributed by atoms with Crippen LogP contribution in [-0.2, 0) is 9.47 Å². The molecule has 6 nitrogen and oxygen atoms in total. The van der Waals surface area contributed by atoms with Crippen molar-refractivity contribution in [2.75, 3.05) is 44.4 Å². The van der Waals surface area contributed by atoms with E-state index in [9.17, 15) is 0 Å². The second-order valence-electron chi connectivity index (χ2n) is 4.29. The fourth-order valence-electron chi connectivity index (χ4n) is 1.82. The monoisotopic (exact) mass is 314 g/mol. The zero-order chi connectivity index (χ0) is 15.7. The van der Waals surface area contributed by atoms with Gasteiger partial charge in [-0.1, -0.05) is 11.6 Å². The van der Waals surface area contributed by atoms with Crippen molar-refractivity contribution >= 4 is 23.3 Å². The van der Waals surface area contributed by atoms with Crippen LogP contribution in [-0.4, -0.2) is 50.3 Å². The minimum atomic E-state index is -0.0711. The van der Waals surface area contributed by atoms with Gasteiger partial charge in [-0.25, -0.2) is 4.98 Å². The van der Waals surface area contributed by atoms with Gasteiger partial charge in [-0.3, -0.25) is 5.41 Å². The van der Waals surface area contributed by atoms with Gasteiger partial charge in [0, 0.05) is 38.1 Å². The topological polar surface area (TPSA) is 84.5 Å². The average Bonchev–Trinajstić information content (AvgIpc) is 2.46. The Morgan fingerprint density at radius 3 is 2.33 bits per heavy atom. The van der Waals surface area contributed by atoms with Crippen LogP contribution in [0.4, 0.5) is 5.82 Å². The first-order valence-corrected chi connectivity index (χ1v) is 7.38. The summed E-state index contributed by atoms with van der Waals surface area (Å²) in [7, 11) is 0. The van der Waals surface area contributed by atoms with E-state index in [0.29, 0.717) is 55.9 Å². The van der Waals surface area contributed by atoms with Crippen LogP contribution in [0.15, 0.2) is 12.3 Å². The second-order valence-corrected chi connectivity index (χ2v) is 4.67. The Bertz CT molecular complexity index is 447. The quantitative estimate of drug-likeness (QED) is 0.391. The van der Waals surface area contributed by atoms with Crippen molar-refractivity contribution in [3.8, 4) is 0 Å². The lowest BCUT2D eigenvalue weighted by atomic mass is 10.2. The third-order valence-corrected chi connectivity index (χ3v) is 3.25. The van der Waals surface area contributed by atoms with Gasteiger partial charge in [-0.15, -0.1) is 0 Å². The van der Waals surface area contributed by atoms with Gasteiger partial charge >= 0.3 is 0 Å². The van der Waals surface area contributed by atoms with Gasteiger partial charge in [0.15, 0.2) is 0 Å². The molecule has 0 unspecified atom stereocenters. The van der Waals surface area contributed by atoms with Gasteiger partial charge in [-0.2, -0.15) is 0 Å². The summed E-state index contributed by atoms with van der Waals surface area (Å²) in [6.45, 7) is 7.67. The minimum absolute atomic E-state index is 0.0711. The smallest absolute Gasteiger partial charge is 0.148 e. The number of hydrogen-bond donors (Lipinski definition) is 2. The molecule has 0 amide bonds. The van der Waals surface area contributed by atoms with Crippen LogP contribution in [0.25, 0.3) is 0 Å². The Labute approximate surface area is 130 Å². The molecule has 3 N–H and O–H groups in total. The Morgan fingerprint density at radius 1 is 1.29 bits per heavy atom. The number of anilines is 1. The Morgan fingerprint density at radius 2 is 1.86 bits per heavy atom. The van der Waals surface area contributed by atoms with E-state index in [0.717, 1.165) is 0 Å². The zero-order valence-electron chi connectivity index (χ0n) is 12.6. The van der Waals surface area contributed by atoms with Gasteiger partial charge < -0.3 is 20.1 Å². The van der Waals surface area contributed by atoms with Crippen molar-refractivity contribution in [1.29, 1.82) is 5.41 Å². The molecule has 0 fully saturated rings. The number of pyridine rings is 1. The first-order chi connectivity index (χ1) is 10.1. The Hall–Kier alpha value is -1.37. The van der Waals surface area contributed by atoms with Crippen LogP contribution in [0.2, 0.25) is 5.02 Å². The van der Waals surface area contributed by atoms with Crippen molar-refractivity contribution in [2.24, 2.45) is 5.73 Å². The number of hydrogen-bond acceptors (Lipinski definition) is 5. The van der Waals surface area contributed by atoms with E-state index in [2.05, 4.69) is 4.98 Å². The maximum Gasteiger partial charge on any atom is 0.148 e. The lowest BCUT2D eigenvalue weighted by Crippen LogP contribution is -2.32. The van der Waals surface area contributed by atoms with Gasteiger partial charge in [0.1, 0.15) is 11.7 Å². The van der Waals surface area contributed by atoms with Crippen molar-refractivity contribution in [1.82, 2.24) is 4.98 Å². The summed E-state index contributed by atoms with van der Waals surface area (Å²) in [6, 6.07) is 1.64. The summed E-state index contributed by atoms with van der Waals surface area (Å²) >= 11 is 6.32. The highest BCUT2D eigenvalue weighted by Gasteiger charge is 2.16. The second kappa shape index (κ2) is 9.55. The number of aromatic nitrogens is 1. The normalized spacial score (nSPS) is 10.6. The van der Waals surface area contributed by atoms with Crippen LogP contribution < -0.4 is 10.6 Å². The van der Waals surface area contributed by atoms with Crippen LogP contribution >= 0.6 is 11.6 Å². The molecule has 0 aliphatic rings. The maximum absolute atomic E-state index is 7.55. The largest absolute Gasteiger partial charge is 0.384 e. The first-order valence-electron chi connectivity index (χ1n) is 7.01. The molecule has 0 aliphatic heterocycles. The number of nitrogen functional groups attached to an aromatic ring is 1. The number of nitrogens with zero attached hydrogens (tertiary/aromatic N) is 2. The lowest BCUT2D eigenvalue weighted by Gasteiger charge is -2.25. The molecule has 1 aromatic heterocycles. The third kappa shape index (κ3) is 5.49. The molecule has 7 heteroatoms. The molecule has 1 heterocycles. The number of amidine groups is 1. The highest BCUT2D eigenvalue weighted by Crippen LogP contribution is 2.26. The van der Waals surface area contributed by atoms with Crippen LogP contribution in [0.1, 0.15) is 19.4 Å². The summed E-state index contributed by atoms with van der Waals surface area (Å²) < 4.78 is 10.8. The van der Waals surface area contributed by atoms with Gasteiger partial charge in [0.2, 0.25) is 0 Å². The SMILES string of the molecule is CCOCCN(CCOCC)c1nccc(C(=N)N)c1Cl. The number of halogens is 1. The van der Waals surface area contributed by atoms with Crippen molar-refractivity contribution in [3.63, 3.8) is 0 Å². The molecule has 1 aromatic rings. The van der Waals surface area contributed by atoms with Gasteiger partial charge in [-0.05, 0) is 19.9 Å². The van der Waals surface area contributed by atoms with E-state index >= 15 is 0 Å². The van der Waals surface area contributed by atoms with E-state index in [1.54, 1.807) is 12.3 Å². The van der Waals surface area contributed by atoms with Crippen molar-refractivity contribution in [3.05, 3.63) is 22.8 Å². The van der Waals surface area contributed by atoms with Crippen LogP contribution in [0, 0.1) is 5.41 Å². The van der Waals surface area contributed by atoms with E-state index in [4.69, 9.17) is 32.2 Å². The fourth-order valence-corrected chi connectivity index (χ4v) is 2.16. The highest BCUT2D eigenvalue weighted by atomic mass is 35.5. The number of ether oxygens (including phenoxy) is 2. The molecule has 0 radical (unpaired) electrons. The molecule has 0 saturated heterocycles. The summed E-state index contributed by atoms with van der Waals surface area (Å²) in [5.41, 5.74) is 6.02. The molecule has 118 valence electrons. The number of nitrogens with one attached hydrogen (secondary N) is 1. The highest BCUT2D eigenvalue weighted by molar-refractivity contribution is 6.36. The van der Waals surface area contributed by atoms with Gasteiger partial charge in [0.05, 0.1) is 18.2 Å². The molecule has 0 aliphatic carbocycles. The first kappa shape index (κ1) is 17.7. The van der Waals surface area contributed by atoms with Crippen LogP contribution in [0.3, 0.4) is 0 Å².